The number of imide groups is 1. The molecule has 10 nitrogen and oxygen atoms in total. The minimum Gasteiger partial charge on any atom is -0.508 e. The van der Waals surface area contributed by atoms with Crippen molar-refractivity contribution in [2.24, 2.45) is 11.3 Å². The molecular weight excluding hydrogens is 784 g/mol. The summed E-state index contributed by atoms with van der Waals surface area (Å²) in [5, 5.41) is 12.7. The molecule has 1 saturated carbocycles. The van der Waals surface area contributed by atoms with Gasteiger partial charge in [0.15, 0.2) is 0 Å². The number of methoxy groups -OCH3 is 1. The molecule has 3 saturated heterocycles. The highest BCUT2D eigenvalue weighted by Crippen LogP contribution is 2.54. The number of likely N-dealkylation sites (tertiary alicyclic amines) is 1. The number of benzene rings is 4. The van der Waals surface area contributed by atoms with Crippen LogP contribution in [0.5, 0.6) is 17.2 Å². The fraction of sp³-hybridized carbons (Fsp3) is 0.471. The van der Waals surface area contributed by atoms with E-state index in [4.69, 9.17) is 9.47 Å². The van der Waals surface area contributed by atoms with Crippen molar-refractivity contribution in [2.75, 3.05) is 51.3 Å². The zero-order valence-corrected chi connectivity index (χ0v) is 35.5. The Balaban J connectivity index is 0.713. The summed E-state index contributed by atoms with van der Waals surface area (Å²) in [7, 11) is 1.69. The molecule has 322 valence electrons. The Kier molecular flexibility index (Phi) is 9.63. The molecule has 4 aromatic carbocycles. The van der Waals surface area contributed by atoms with Gasteiger partial charge in [0.2, 0.25) is 11.8 Å². The maximum Gasteiger partial charge on any atom is 0.255 e. The lowest BCUT2D eigenvalue weighted by Crippen LogP contribution is -2.58. The molecule has 0 unspecified atom stereocenters. The van der Waals surface area contributed by atoms with Crippen LogP contribution in [0.15, 0.2) is 72.8 Å². The van der Waals surface area contributed by atoms with E-state index >= 15 is 4.39 Å². The smallest absolute Gasteiger partial charge is 0.255 e. The second-order valence-corrected chi connectivity index (χ2v) is 19.5. The topological polar surface area (TPSA) is 112 Å². The van der Waals surface area contributed by atoms with Crippen LogP contribution in [-0.2, 0) is 28.0 Å². The molecule has 7 aliphatic rings. The summed E-state index contributed by atoms with van der Waals surface area (Å²) in [5.74, 6) is 1.46. The average molecular weight is 839 g/mol. The Morgan fingerprint density at radius 1 is 0.887 bits per heavy atom. The third-order valence-electron chi connectivity index (χ3n) is 16.1. The van der Waals surface area contributed by atoms with E-state index in [9.17, 15) is 19.5 Å². The number of phenols is 1. The van der Waals surface area contributed by atoms with Gasteiger partial charge >= 0.3 is 0 Å². The molecule has 3 amide bonds. The third-order valence-corrected chi connectivity index (χ3v) is 16.1. The van der Waals surface area contributed by atoms with Crippen molar-refractivity contribution in [2.45, 2.75) is 94.0 Å². The van der Waals surface area contributed by atoms with Crippen LogP contribution in [0.1, 0.15) is 113 Å². The van der Waals surface area contributed by atoms with Crippen LogP contribution in [0, 0.1) is 17.2 Å². The molecule has 2 aliphatic carbocycles. The quantitative estimate of drug-likeness (QED) is 0.184. The maximum absolute atomic E-state index is 16.4. The van der Waals surface area contributed by atoms with Gasteiger partial charge in [0.25, 0.3) is 5.91 Å². The first kappa shape index (κ1) is 39.4. The highest BCUT2D eigenvalue weighted by Gasteiger charge is 2.49. The van der Waals surface area contributed by atoms with E-state index in [2.05, 4.69) is 45.4 Å². The van der Waals surface area contributed by atoms with Gasteiger partial charge in [-0.05, 0) is 124 Å². The van der Waals surface area contributed by atoms with Gasteiger partial charge in [-0.1, -0.05) is 42.5 Å². The number of rotatable bonds is 7. The summed E-state index contributed by atoms with van der Waals surface area (Å²) in [6.07, 6.45) is 9.05. The van der Waals surface area contributed by atoms with E-state index in [0.29, 0.717) is 42.5 Å². The number of hydrogen-bond donors (Lipinski definition) is 2. The number of phenolic OH excluding ortho intramolecular Hbond substituents is 1. The Morgan fingerprint density at radius 3 is 2.44 bits per heavy atom. The number of nitrogens with one attached hydrogen (secondary N) is 1. The molecule has 4 aromatic rings. The third kappa shape index (κ3) is 6.56. The molecule has 2 N–H and O–H groups in total. The number of anilines is 1. The van der Waals surface area contributed by atoms with Crippen LogP contribution in [-0.4, -0.2) is 85.1 Å². The van der Waals surface area contributed by atoms with Crippen LogP contribution >= 0.6 is 0 Å². The predicted octanol–water partition coefficient (Wildman–Crippen LogP) is 7.59. The molecule has 11 heteroatoms. The van der Waals surface area contributed by atoms with Gasteiger partial charge in [0.05, 0.1) is 25.9 Å². The molecule has 2 spiro atoms. The number of aryl methyl sites for hydroxylation is 1. The van der Waals surface area contributed by atoms with Gasteiger partial charge < -0.3 is 29.3 Å². The molecule has 0 radical (unpaired) electrons. The Labute approximate surface area is 362 Å². The Hall–Kier alpha value is -5.42. The zero-order valence-electron chi connectivity index (χ0n) is 35.5. The van der Waals surface area contributed by atoms with Crippen LogP contribution in [0.3, 0.4) is 0 Å². The Bertz CT molecular complexity index is 2450. The number of fused-ring (bicyclic) bond motifs is 5. The molecule has 5 aliphatic heterocycles. The van der Waals surface area contributed by atoms with Crippen molar-refractivity contribution < 1.29 is 33.4 Å². The lowest BCUT2D eigenvalue weighted by molar-refractivity contribution is -0.136. The minimum atomic E-state index is -0.637. The van der Waals surface area contributed by atoms with Crippen molar-refractivity contribution in [3.05, 3.63) is 118 Å². The van der Waals surface area contributed by atoms with E-state index in [1.165, 1.54) is 24.0 Å². The number of carbonyl (C=O) groups is 3. The number of hydrogen-bond acceptors (Lipinski definition) is 8. The van der Waals surface area contributed by atoms with Gasteiger partial charge in [-0.2, -0.15) is 0 Å². The van der Waals surface area contributed by atoms with Gasteiger partial charge in [0.1, 0.15) is 29.1 Å². The second kappa shape index (κ2) is 15.1. The van der Waals surface area contributed by atoms with Gasteiger partial charge in [-0.25, -0.2) is 4.39 Å². The number of piperidine rings is 2. The molecule has 62 heavy (non-hydrogen) atoms. The Morgan fingerprint density at radius 2 is 1.68 bits per heavy atom. The normalized spacial score (nSPS) is 25.3. The van der Waals surface area contributed by atoms with Gasteiger partial charge in [-0.15, -0.1) is 0 Å². The number of halogens is 1. The number of ether oxygens (including phenoxy) is 2. The standard InChI is InChI=1S/C51H55FN4O6/c1-61-44-25-43(41(52)24-38(44)46-35(32-5-3-2-4-6-32)9-7-33-23-34(57)8-10-36(33)46)55-28-50(29-55)17-15-31(16-18-50)26-54-21-19-51(20-22-54)30-62-47-39-27-56(42-13-14-45(58)53-48(42)59)49(60)37(39)11-12-40(47)51/h2-6,8,10-12,23-25,31,35,42,46,57H,7,9,13-22,26-30H2,1H3,(H,53,58,59)/t35-,42+,46+/m1/s1. The van der Waals surface area contributed by atoms with Crippen molar-refractivity contribution >= 4 is 23.4 Å². The number of carbonyl (C=O) groups excluding carboxylic acids is 3. The number of aromatic hydroxyl groups is 1. The first-order valence-electron chi connectivity index (χ1n) is 22.8. The summed E-state index contributed by atoms with van der Waals surface area (Å²) in [4.78, 5) is 44.3. The number of nitrogens with zero attached hydrogens (tertiary/aromatic N) is 3. The summed E-state index contributed by atoms with van der Waals surface area (Å²) < 4.78 is 28.9. The summed E-state index contributed by atoms with van der Waals surface area (Å²) in [6, 6.07) is 23.2. The first-order valence-corrected chi connectivity index (χ1v) is 22.8. The fourth-order valence-corrected chi connectivity index (χ4v) is 12.6. The molecule has 5 heterocycles. The van der Waals surface area contributed by atoms with Crippen LogP contribution in [0.25, 0.3) is 0 Å². The molecule has 4 fully saturated rings. The van der Waals surface area contributed by atoms with Gasteiger partial charge in [0, 0.05) is 71.1 Å². The van der Waals surface area contributed by atoms with Crippen molar-refractivity contribution in [1.29, 1.82) is 0 Å². The maximum atomic E-state index is 16.4. The molecule has 11 rings (SSSR count). The molecule has 0 bridgehead atoms. The van der Waals surface area contributed by atoms with E-state index in [-0.39, 0.29) is 52.5 Å². The SMILES string of the molecule is COc1cc(N2CC3(CCC(CN4CCC5(CC4)COc4c5ccc5c4CN([C@H]4CCC(=O)NC4=O)C5=O)CC3)C2)c(F)cc1[C@@H]1c2ccc(O)cc2CC[C@@H]1c1ccccc1. The van der Waals surface area contributed by atoms with E-state index in [0.717, 1.165) is 99.3 Å². The van der Waals surface area contributed by atoms with Crippen LogP contribution in [0.4, 0.5) is 10.1 Å². The first-order chi connectivity index (χ1) is 30.1. The molecule has 0 aromatic heterocycles. The van der Waals surface area contributed by atoms with Crippen LogP contribution < -0.4 is 19.7 Å². The molecule has 3 atom stereocenters. The molecular formula is C51H55FN4O6. The van der Waals surface area contributed by atoms with E-state index in [1.54, 1.807) is 24.1 Å². The highest BCUT2D eigenvalue weighted by molar-refractivity contribution is 6.05. The lowest BCUT2D eigenvalue weighted by atomic mass is 9.65. The number of amides is 3. The summed E-state index contributed by atoms with van der Waals surface area (Å²) in [5.41, 5.74) is 7.79. The lowest BCUT2D eigenvalue weighted by Gasteiger charge is -2.55. The van der Waals surface area contributed by atoms with Crippen LogP contribution in [0.2, 0.25) is 0 Å². The zero-order chi connectivity index (χ0) is 42.3. The van der Waals surface area contributed by atoms with Crippen molar-refractivity contribution in [3.8, 4) is 17.2 Å². The largest absolute Gasteiger partial charge is 0.508 e. The summed E-state index contributed by atoms with van der Waals surface area (Å²) >= 11 is 0. The monoisotopic (exact) mass is 838 g/mol. The fourth-order valence-electron chi connectivity index (χ4n) is 12.6. The van der Waals surface area contributed by atoms with Crippen molar-refractivity contribution in [1.82, 2.24) is 15.1 Å². The minimum absolute atomic E-state index is 0.0669. The summed E-state index contributed by atoms with van der Waals surface area (Å²) in [6.45, 7) is 5.80. The predicted molar refractivity (Wildman–Crippen MR) is 232 cm³/mol. The van der Waals surface area contributed by atoms with E-state index in [1.807, 2.05) is 30.3 Å². The highest BCUT2D eigenvalue weighted by atomic mass is 19.1. The van der Waals surface area contributed by atoms with Gasteiger partial charge in [-0.3, -0.25) is 19.7 Å². The van der Waals surface area contributed by atoms with Crippen molar-refractivity contribution in [3.63, 3.8) is 0 Å². The van der Waals surface area contributed by atoms with E-state index < -0.39 is 11.9 Å². The second-order valence-electron chi connectivity index (χ2n) is 19.5. The average Bonchev–Trinajstić information content (AvgIpc) is 3.80.